The van der Waals surface area contributed by atoms with Crippen LogP contribution in [0.1, 0.15) is 56.5 Å². The summed E-state index contributed by atoms with van der Waals surface area (Å²) in [5.41, 5.74) is 4.58. The third-order valence-corrected chi connectivity index (χ3v) is 5.87. The van der Waals surface area contributed by atoms with Crippen LogP contribution >= 0.6 is 15.9 Å². The molecule has 5 heteroatoms. The number of rotatable bonds is 5. The first-order valence-electron chi connectivity index (χ1n) is 9.50. The number of nitrogens with zero attached hydrogens (tertiary/aromatic N) is 2. The first kappa shape index (κ1) is 17.7. The largest absolute Gasteiger partial charge is 0.356 e. The van der Waals surface area contributed by atoms with Crippen molar-refractivity contribution in [3.8, 4) is 0 Å². The van der Waals surface area contributed by atoms with Crippen molar-refractivity contribution in [2.75, 3.05) is 0 Å². The van der Waals surface area contributed by atoms with Crippen molar-refractivity contribution < 1.29 is 0 Å². The van der Waals surface area contributed by atoms with E-state index < -0.39 is 0 Å². The summed E-state index contributed by atoms with van der Waals surface area (Å²) in [5, 5.41) is 5.23. The van der Waals surface area contributed by atoms with Crippen molar-refractivity contribution in [3.05, 3.63) is 58.2 Å². The Morgan fingerprint density at radius 2 is 2.04 bits per heavy atom. The molecule has 0 bridgehead atoms. The summed E-state index contributed by atoms with van der Waals surface area (Å²) in [7, 11) is 0. The Morgan fingerprint density at radius 1 is 1.19 bits per heavy atom. The fraction of sp³-hybridized carbons (Fsp3) is 0.429. The van der Waals surface area contributed by atoms with Crippen molar-refractivity contribution in [2.24, 2.45) is 0 Å². The van der Waals surface area contributed by atoms with Crippen LogP contribution in [-0.4, -0.2) is 21.0 Å². The molecule has 0 fully saturated rings. The van der Waals surface area contributed by atoms with E-state index in [1.807, 2.05) is 6.20 Å². The van der Waals surface area contributed by atoms with E-state index in [2.05, 4.69) is 69.3 Å². The van der Waals surface area contributed by atoms with Gasteiger partial charge in [-0.15, -0.1) is 0 Å². The molecule has 1 aromatic carbocycles. The van der Waals surface area contributed by atoms with E-state index in [1.54, 1.807) is 6.20 Å². The molecule has 3 aromatic rings. The Labute approximate surface area is 163 Å². The van der Waals surface area contributed by atoms with Gasteiger partial charge in [0.2, 0.25) is 0 Å². The van der Waals surface area contributed by atoms with E-state index in [9.17, 15) is 0 Å². The number of halogens is 1. The van der Waals surface area contributed by atoms with E-state index in [0.717, 1.165) is 29.6 Å². The molecule has 0 saturated heterocycles. The Kier molecular flexibility index (Phi) is 4.84. The highest BCUT2D eigenvalue weighted by Crippen LogP contribution is 2.42. The first-order valence-corrected chi connectivity index (χ1v) is 10.3. The predicted molar refractivity (Wildman–Crippen MR) is 109 cm³/mol. The normalized spacial score (nSPS) is 22.5. The van der Waals surface area contributed by atoms with Gasteiger partial charge in [0.15, 0.2) is 0 Å². The van der Waals surface area contributed by atoms with Gasteiger partial charge < -0.3 is 4.98 Å². The van der Waals surface area contributed by atoms with Gasteiger partial charge in [-0.3, -0.25) is 10.3 Å². The number of fused-ring (bicyclic) bond motifs is 3. The molecule has 1 aliphatic rings. The summed E-state index contributed by atoms with van der Waals surface area (Å²) in [6, 6.07) is 9.00. The van der Waals surface area contributed by atoms with E-state index in [0.29, 0.717) is 6.04 Å². The van der Waals surface area contributed by atoms with Gasteiger partial charge in [0.1, 0.15) is 10.1 Å². The molecule has 0 spiro atoms. The molecule has 26 heavy (non-hydrogen) atoms. The lowest BCUT2D eigenvalue weighted by molar-refractivity contribution is 0.284. The number of aromatic nitrogens is 3. The second kappa shape index (κ2) is 7.12. The number of hydrogen-bond donors (Lipinski definition) is 2. The number of para-hydroxylation sites is 1. The standard InChI is InChI=1S/C21H25BrN4/c1-3-4-7-10-21(18-12-24-19(22)13-23-18)20-16(11-14(2)26-21)15-8-5-6-9-17(15)25-20/h5-6,8-9,12-14,25-26H,3-4,7,10-11H2,1-2H3. The predicted octanol–water partition coefficient (Wildman–Crippen LogP) is 5.08. The topological polar surface area (TPSA) is 53.6 Å². The average molecular weight is 413 g/mol. The van der Waals surface area contributed by atoms with Crippen LogP contribution < -0.4 is 5.32 Å². The zero-order valence-electron chi connectivity index (χ0n) is 15.3. The van der Waals surface area contributed by atoms with Crippen molar-refractivity contribution in [1.29, 1.82) is 0 Å². The van der Waals surface area contributed by atoms with Crippen LogP contribution in [0.25, 0.3) is 10.9 Å². The molecule has 0 radical (unpaired) electrons. The molecule has 2 aromatic heterocycles. The van der Waals surface area contributed by atoms with Gasteiger partial charge in [-0.25, -0.2) is 4.98 Å². The molecule has 2 atom stereocenters. The van der Waals surface area contributed by atoms with Gasteiger partial charge in [-0.1, -0.05) is 44.4 Å². The Bertz CT molecular complexity index is 902. The average Bonchev–Trinajstić information content (AvgIpc) is 3.01. The highest BCUT2D eigenvalue weighted by Gasteiger charge is 2.43. The van der Waals surface area contributed by atoms with Crippen LogP contribution in [-0.2, 0) is 12.0 Å². The molecule has 0 amide bonds. The fourth-order valence-corrected chi connectivity index (χ4v) is 4.53. The third kappa shape index (κ3) is 2.97. The van der Waals surface area contributed by atoms with Gasteiger partial charge in [0.05, 0.1) is 18.1 Å². The van der Waals surface area contributed by atoms with Gasteiger partial charge in [0.25, 0.3) is 0 Å². The highest BCUT2D eigenvalue weighted by molar-refractivity contribution is 9.10. The Hall–Kier alpha value is -1.72. The van der Waals surface area contributed by atoms with Crippen molar-refractivity contribution in [3.63, 3.8) is 0 Å². The molecular weight excluding hydrogens is 388 g/mol. The van der Waals surface area contributed by atoms with Crippen LogP contribution in [0.3, 0.4) is 0 Å². The second-order valence-corrected chi connectivity index (χ2v) is 8.17. The molecule has 0 aliphatic carbocycles. The molecule has 2 N–H and O–H groups in total. The molecule has 4 rings (SSSR count). The van der Waals surface area contributed by atoms with Gasteiger partial charge >= 0.3 is 0 Å². The number of H-pyrrole nitrogens is 1. The lowest BCUT2D eigenvalue weighted by Crippen LogP contribution is -2.53. The van der Waals surface area contributed by atoms with Crippen LogP contribution in [0.15, 0.2) is 41.3 Å². The summed E-state index contributed by atoms with van der Waals surface area (Å²) in [4.78, 5) is 13.0. The maximum Gasteiger partial charge on any atom is 0.124 e. The summed E-state index contributed by atoms with van der Waals surface area (Å²) < 4.78 is 0.769. The summed E-state index contributed by atoms with van der Waals surface area (Å²) in [6.45, 7) is 4.52. The highest BCUT2D eigenvalue weighted by atomic mass is 79.9. The summed E-state index contributed by atoms with van der Waals surface area (Å²) in [5.74, 6) is 0. The molecule has 4 nitrogen and oxygen atoms in total. The minimum absolute atomic E-state index is 0.311. The van der Waals surface area contributed by atoms with Gasteiger partial charge in [0, 0.05) is 22.6 Å². The number of hydrogen-bond acceptors (Lipinski definition) is 3. The molecule has 0 saturated carbocycles. The molecule has 2 unspecified atom stereocenters. The maximum absolute atomic E-state index is 4.76. The van der Waals surface area contributed by atoms with Gasteiger partial charge in [-0.2, -0.15) is 0 Å². The Morgan fingerprint density at radius 3 is 2.81 bits per heavy atom. The fourth-order valence-electron chi connectivity index (χ4n) is 4.33. The minimum Gasteiger partial charge on any atom is -0.356 e. The van der Waals surface area contributed by atoms with Crippen molar-refractivity contribution in [2.45, 2.75) is 57.5 Å². The first-order chi connectivity index (χ1) is 12.6. The minimum atomic E-state index is -0.311. The van der Waals surface area contributed by atoms with E-state index >= 15 is 0 Å². The van der Waals surface area contributed by atoms with E-state index in [4.69, 9.17) is 4.98 Å². The van der Waals surface area contributed by atoms with Gasteiger partial charge in [-0.05, 0) is 47.3 Å². The number of unbranched alkanes of at least 4 members (excludes halogenated alkanes) is 2. The number of nitrogens with one attached hydrogen (secondary N) is 2. The SMILES string of the molecule is CCCCCC1(c2cnc(Br)cn2)NC(C)Cc2c1[nH]c1ccccc21. The number of aromatic amines is 1. The quantitative estimate of drug-likeness (QED) is 0.574. The third-order valence-electron chi connectivity index (χ3n) is 5.46. The van der Waals surface area contributed by atoms with Crippen LogP contribution in [0.4, 0.5) is 0 Å². The second-order valence-electron chi connectivity index (χ2n) is 7.36. The lowest BCUT2D eigenvalue weighted by atomic mass is 9.78. The van der Waals surface area contributed by atoms with Crippen LogP contribution in [0.5, 0.6) is 0 Å². The van der Waals surface area contributed by atoms with Crippen molar-refractivity contribution in [1.82, 2.24) is 20.3 Å². The zero-order chi connectivity index (χ0) is 18.1. The Balaban J connectivity index is 1.91. The monoisotopic (exact) mass is 412 g/mol. The summed E-state index contributed by atoms with van der Waals surface area (Å²) >= 11 is 3.42. The lowest BCUT2D eigenvalue weighted by Gasteiger charge is -2.41. The van der Waals surface area contributed by atoms with Crippen molar-refractivity contribution >= 4 is 26.8 Å². The molecule has 136 valence electrons. The van der Waals surface area contributed by atoms with E-state index in [-0.39, 0.29) is 5.54 Å². The maximum atomic E-state index is 4.76. The van der Waals surface area contributed by atoms with Crippen LogP contribution in [0, 0.1) is 0 Å². The van der Waals surface area contributed by atoms with Crippen LogP contribution in [0.2, 0.25) is 0 Å². The number of benzene rings is 1. The smallest absolute Gasteiger partial charge is 0.124 e. The summed E-state index contributed by atoms with van der Waals surface area (Å²) in [6.07, 6.45) is 9.34. The molecular formula is C21H25BrN4. The molecule has 1 aliphatic heterocycles. The molecule has 3 heterocycles. The van der Waals surface area contributed by atoms with E-state index in [1.165, 1.54) is 35.0 Å². The zero-order valence-corrected chi connectivity index (χ0v) is 16.9.